The van der Waals surface area contributed by atoms with Gasteiger partial charge in [0.25, 0.3) is 0 Å². The fourth-order valence-electron chi connectivity index (χ4n) is 5.46. The number of aliphatic hydroxyl groups excluding tert-OH is 1. The van der Waals surface area contributed by atoms with Gasteiger partial charge in [0.1, 0.15) is 5.76 Å². The lowest BCUT2D eigenvalue weighted by molar-refractivity contribution is -0.124. The highest BCUT2D eigenvalue weighted by molar-refractivity contribution is 5.95. The van der Waals surface area contributed by atoms with E-state index in [4.69, 9.17) is 13.6 Å². The highest BCUT2D eigenvalue weighted by Gasteiger charge is 2.38. The van der Waals surface area contributed by atoms with Gasteiger partial charge in [0.2, 0.25) is 17.7 Å². The Balaban J connectivity index is 1.33. The summed E-state index contributed by atoms with van der Waals surface area (Å²) in [6.07, 6.45) is 4.19. The number of pyridine rings is 1. The first-order chi connectivity index (χ1) is 18.5. The monoisotopic (exact) mass is 517 g/mol. The van der Waals surface area contributed by atoms with Gasteiger partial charge in [-0.1, -0.05) is 19.1 Å². The first-order valence-corrected chi connectivity index (χ1v) is 13.2. The Bertz CT molecular complexity index is 1380. The van der Waals surface area contributed by atoms with Gasteiger partial charge in [-0.05, 0) is 68.4 Å². The van der Waals surface area contributed by atoms with Crippen LogP contribution < -0.4 is 4.90 Å². The molecule has 1 aliphatic carbocycles. The third-order valence-corrected chi connectivity index (χ3v) is 7.69. The molecular formula is C29H31N3O6. The smallest absolute Gasteiger partial charge is 0.232 e. The van der Waals surface area contributed by atoms with Gasteiger partial charge < -0.3 is 23.8 Å². The number of nitrogens with zero attached hydrogens (tertiary/aromatic N) is 3. The lowest BCUT2D eigenvalue weighted by Crippen LogP contribution is -2.45. The molecule has 9 heteroatoms. The van der Waals surface area contributed by atoms with Crippen molar-refractivity contribution in [2.75, 3.05) is 18.1 Å². The number of aromatic nitrogens is 2. The van der Waals surface area contributed by atoms with E-state index in [0.717, 1.165) is 36.8 Å². The maximum atomic E-state index is 13.8. The van der Waals surface area contributed by atoms with Crippen molar-refractivity contribution in [1.29, 1.82) is 0 Å². The number of hydrogen-bond acceptors (Lipinski definition) is 8. The van der Waals surface area contributed by atoms with E-state index in [9.17, 15) is 15.0 Å². The second-order valence-electron chi connectivity index (χ2n) is 10.3. The molecule has 2 fully saturated rings. The third kappa shape index (κ3) is 4.73. The third-order valence-electron chi connectivity index (χ3n) is 7.69. The molecular weight excluding hydrogens is 486 g/mol. The van der Waals surface area contributed by atoms with E-state index in [0.29, 0.717) is 48.4 Å². The van der Waals surface area contributed by atoms with E-state index in [1.165, 1.54) is 0 Å². The number of amides is 1. The van der Waals surface area contributed by atoms with Crippen LogP contribution in [0.15, 0.2) is 57.5 Å². The molecule has 1 atom stereocenters. The SMILES string of the molecule is CC1CCC(C(=O)N(c2oc(-c3ccc(-c4nc5ncccc5o4)cc3)cc2C(O)O)C2CCOC2)CC1. The van der Waals surface area contributed by atoms with E-state index < -0.39 is 6.29 Å². The summed E-state index contributed by atoms with van der Waals surface area (Å²) in [5.41, 5.74) is 2.80. The number of aliphatic hydroxyl groups is 2. The van der Waals surface area contributed by atoms with Gasteiger partial charge in [0.05, 0.1) is 18.2 Å². The zero-order valence-electron chi connectivity index (χ0n) is 21.2. The molecule has 38 heavy (non-hydrogen) atoms. The van der Waals surface area contributed by atoms with Gasteiger partial charge in [-0.25, -0.2) is 4.98 Å². The quantitative estimate of drug-likeness (QED) is 0.340. The van der Waals surface area contributed by atoms with E-state index in [-0.39, 0.29) is 29.3 Å². The molecule has 4 heterocycles. The molecule has 6 rings (SSSR count). The predicted octanol–water partition coefficient (Wildman–Crippen LogP) is 5.08. The van der Waals surface area contributed by atoms with E-state index >= 15 is 0 Å². The van der Waals surface area contributed by atoms with Crippen molar-refractivity contribution < 1.29 is 28.6 Å². The van der Waals surface area contributed by atoms with Gasteiger partial charge in [0.15, 0.2) is 17.5 Å². The summed E-state index contributed by atoms with van der Waals surface area (Å²) in [4.78, 5) is 24.1. The topological polar surface area (TPSA) is 122 Å². The lowest BCUT2D eigenvalue weighted by atomic mass is 9.82. The second-order valence-corrected chi connectivity index (χ2v) is 10.3. The number of fused-ring (bicyclic) bond motifs is 1. The summed E-state index contributed by atoms with van der Waals surface area (Å²) >= 11 is 0. The maximum Gasteiger partial charge on any atom is 0.232 e. The summed E-state index contributed by atoms with van der Waals surface area (Å²) < 4.78 is 17.7. The van der Waals surface area contributed by atoms with Crippen molar-refractivity contribution in [3.63, 3.8) is 0 Å². The first kappa shape index (κ1) is 24.8. The van der Waals surface area contributed by atoms with Gasteiger partial charge in [-0.15, -0.1) is 0 Å². The fraction of sp³-hybridized carbons (Fsp3) is 0.414. The second kappa shape index (κ2) is 10.3. The lowest BCUT2D eigenvalue weighted by Gasteiger charge is -2.33. The predicted molar refractivity (Wildman–Crippen MR) is 140 cm³/mol. The minimum Gasteiger partial charge on any atom is -0.440 e. The van der Waals surface area contributed by atoms with Gasteiger partial charge in [-0.2, -0.15) is 4.98 Å². The summed E-state index contributed by atoms with van der Waals surface area (Å²) in [7, 11) is 0. The van der Waals surface area contributed by atoms with Crippen LogP contribution in [0.3, 0.4) is 0 Å². The molecule has 1 amide bonds. The van der Waals surface area contributed by atoms with Crippen LogP contribution in [0.5, 0.6) is 0 Å². The number of carbonyl (C=O) groups excluding carboxylic acids is 1. The molecule has 0 bridgehead atoms. The average Bonchev–Trinajstić information content (AvgIpc) is 3.69. The standard InChI is InChI=1S/C29H31N3O6/c1-17-4-6-20(7-5-17)27(33)32(21-12-14-36-16-21)28-22(29(34)35)15-24(38-28)18-8-10-19(11-9-18)26-31-25-23(37-26)3-2-13-30-25/h2-3,8-11,13,15,17,20-21,29,34-35H,4-7,12,14,16H2,1H3. The molecule has 4 aromatic rings. The van der Waals surface area contributed by atoms with Crippen LogP contribution in [-0.4, -0.2) is 45.3 Å². The number of carbonyl (C=O) groups is 1. The normalized spacial score (nSPS) is 21.8. The molecule has 198 valence electrons. The van der Waals surface area contributed by atoms with E-state index in [2.05, 4.69) is 16.9 Å². The van der Waals surface area contributed by atoms with Crippen molar-refractivity contribution >= 4 is 23.0 Å². The summed E-state index contributed by atoms with van der Waals surface area (Å²) in [5, 5.41) is 20.5. The van der Waals surface area contributed by atoms with Crippen molar-refractivity contribution in [3.05, 3.63) is 54.2 Å². The van der Waals surface area contributed by atoms with Crippen LogP contribution in [0.1, 0.15) is 50.9 Å². The number of furan rings is 1. The van der Waals surface area contributed by atoms with Crippen molar-refractivity contribution in [1.82, 2.24) is 9.97 Å². The molecule has 2 N–H and O–H groups in total. The molecule has 1 aromatic carbocycles. The Kier molecular flexibility index (Phi) is 6.73. The Hall–Kier alpha value is -3.53. The summed E-state index contributed by atoms with van der Waals surface area (Å²) in [6, 6.07) is 12.4. The number of ether oxygens (including phenoxy) is 1. The molecule has 0 spiro atoms. The molecule has 9 nitrogen and oxygen atoms in total. The Morgan fingerprint density at radius 1 is 1.03 bits per heavy atom. The van der Waals surface area contributed by atoms with Crippen molar-refractivity contribution in [2.24, 2.45) is 11.8 Å². The van der Waals surface area contributed by atoms with Gasteiger partial charge in [0, 0.05) is 29.8 Å². The minimum atomic E-state index is -1.79. The Morgan fingerprint density at radius 3 is 2.47 bits per heavy atom. The molecule has 2 aliphatic rings. The molecule has 1 saturated carbocycles. The maximum absolute atomic E-state index is 13.8. The number of anilines is 1. The highest BCUT2D eigenvalue weighted by atomic mass is 16.5. The molecule has 0 radical (unpaired) electrons. The molecule has 1 aliphatic heterocycles. The fourth-order valence-corrected chi connectivity index (χ4v) is 5.46. The van der Waals surface area contributed by atoms with Gasteiger partial charge in [-0.3, -0.25) is 9.69 Å². The minimum absolute atomic E-state index is 0.0323. The number of rotatable bonds is 6. The van der Waals surface area contributed by atoms with Crippen LogP contribution in [0.2, 0.25) is 0 Å². The van der Waals surface area contributed by atoms with Crippen LogP contribution in [-0.2, 0) is 9.53 Å². The molecule has 1 saturated heterocycles. The van der Waals surface area contributed by atoms with Crippen LogP contribution >= 0.6 is 0 Å². The largest absolute Gasteiger partial charge is 0.440 e. The Labute approximate surface area is 220 Å². The van der Waals surface area contributed by atoms with E-state index in [1.807, 2.05) is 30.3 Å². The van der Waals surface area contributed by atoms with Gasteiger partial charge >= 0.3 is 0 Å². The molecule has 1 unspecified atom stereocenters. The summed E-state index contributed by atoms with van der Waals surface area (Å²) in [5.74, 6) is 1.54. The first-order valence-electron chi connectivity index (χ1n) is 13.2. The number of benzene rings is 1. The van der Waals surface area contributed by atoms with Crippen LogP contribution in [0.25, 0.3) is 34.0 Å². The number of hydrogen-bond donors (Lipinski definition) is 2. The van der Waals surface area contributed by atoms with Crippen LogP contribution in [0, 0.1) is 11.8 Å². The highest BCUT2D eigenvalue weighted by Crippen LogP contribution is 2.40. The Morgan fingerprint density at radius 2 is 1.79 bits per heavy atom. The zero-order valence-corrected chi connectivity index (χ0v) is 21.2. The zero-order chi connectivity index (χ0) is 26.2. The average molecular weight is 518 g/mol. The van der Waals surface area contributed by atoms with E-state index in [1.54, 1.807) is 23.2 Å². The van der Waals surface area contributed by atoms with Crippen molar-refractivity contribution in [3.8, 4) is 22.8 Å². The van der Waals surface area contributed by atoms with Crippen LogP contribution in [0.4, 0.5) is 5.88 Å². The van der Waals surface area contributed by atoms with Crippen molar-refractivity contribution in [2.45, 2.75) is 51.4 Å². The molecule has 3 aromatic heterocycles. The number of oxazole rings is 1. The summed E-state index contributed by atoms with van der Waals surface area (Å²) in [6.45, 7) is 3.15.